The summed E-state index contributed by atoms with van der Waals surface area (Å²) in [6.07, 6.45) is 0. The van der Waals surface area contributed by atoms with E-state index in [4.69, 9.17) is 5.26 Å². The van der Waals surface area contributed by atoms with Crippen molar-refractivity contribution in [2.75, 3.05) is 5.32 Å². The summed E-state index contributed by atoms with van der Waals surface area (Å²) >= 11 is 0. The van der Waals surface area contributed by atoms with Gasteiger partial charge in [0.25, 0.3) is 5.91 Å². The molecule has 0 radical (unpaired) electrons. The average Bonchev–Trinajstić information content (AvgIpc) is 2.43. The van der Waals surface area contributed by atoms with Crippen molar-refractivity contribution >= 4 is 11.6 Å². The highest BCUT2D eigenvalue weighted by molar-refractivity contribution is 6.04. The number of nitriles is 1. The van der Waals surface area contributed by atoms with Crippen molar-refractivity contribution in [1.82, 2.24) is 0 Å². The molecule has 0 aliphatic rings. The predicted octanol–water partition coefficient (Wildman–Crippen LogP) is 3.40. The van der Waals surface area contributed by atoms with Crippen LogP contribution in [0.25, 0.3) is 0 Å². The van der Waals surface area contributed by atoms with Crippen LogP contribution in [0, 0.1) is 29.9 Å². The summed E-state index contributed by atoms with van der Waals surface area (Å²) in [6.45, 7) is 1.55. The minimum absolute atomic E-state index is 0.155. The number of hydrogen-bond acceptors (Lipinski definition) is 2. The molecule has 2 aromatic carbocycles. The molecule has 0 saturated carbocycles. The van der Waals surface area contributed by atoms with Crippen LogP contribution in [0.3, 0.4) is 0 Å². The molecule has 100 valence electrons. The Morgan fingerprint density at radius 1 is 1.15 bits per heavy atom. The molecule has 2 rings (SSSR count). The normalized spacial score (nSPS) is 9.90. The summed E-state index contributed by atoms with van der Waals surface area (Å²) in [6, 6.07) is 9.36. The van der Waals surface area contributed by atoms with Crippen molar-refractivity contribution in [3.63, 3.8) is 0 Å². The SMILES string of the molecule is Cc1cc(C(=O)Nc2ccc(F)c(C#N)c2)ccc1F. The lowest BCUT2D eigenvalue weighted by Crippen LogP contribution is -2.12. The summed E-state index contributed by atoms with van der Waals surface area (Å²) < 4.78 is 26.3. The zero-order valence-corrected chi connectivity index (χ0v) is 10.6. The van der Waals surface area contributed by atoms with Crippen LogP contribution in [0.2, 0.25) is 0 Å². The largest absolute Gasteiger partial charge is 0.322 e. The highest BCUT2D eigenvalue weighted by atomic mass is 19.1. The maximum absolute atomic E-state index is 13.2. The molecule has 1 amide bonds. The number of aryl methyl sites for hydroxylation is 1. The second-order valence-corrected chi connectivity index (χ2v) is 4.22. The van der Waals surface area contributed by atoms with Crippen LogP contribution in [0.5, 0.6) is 0 Å². The van der Waals surface area contributed by atoms with E-state index < -0.39 is 17.5 Å². The Morgan fingerprint density at radius 3 is 2.50 bits per heavy atom. The molecule has 0 heterocycles. The Balaban J connectivity index is 2.23. The van der Waals surface area contributed by atoms with Gasteiger partial charge in [-0.05, 0) is 48.9 Å². The van der Waals surface area contributed by atoms with Crippen molar-refractivity contribution in [3.05, 3.63) is 64.7 Å². The molecule has 2 aromatic rings. The van der Waals surface area contributed by atoms with Gasteiger partial charge in [0, 0.05) is 11.3 Å². The lowest BCUT2D eigenvalue weighted by molar-refractivity contribution is 0.102. The molecular formula is C15H10F2N2O. The van der Waals surface area contributed by atoms with Gasteiger partial charge in [0.1, 0.15) is 17.7 Å². The maximum Gasteiger partial charge on any atom is 0.255 e. The van der Waals surface area contributed by atoms with E-state index in [1.807, 2.05) is 0 Å². The first kappa shape index (κ1) is 13.7. The lowest BCUT2D eigenvalue weighted by atomic mass is 10.1. The van der Waals surface area contributed by atoms with Gasteiger partial charge in [-0.3, -0.25) is 4.79 Å². The highest BCUT2D eigenvalue weighted by Gasteiger charge is 2.09. The number of carbonyl (C=O) groups is 1. The molecule has 0 atom stereocenters. The first-order chi connectivity index (χ1) is 9.51. The summed E-state index contributed by atoms with van der Waals surface area (Å²) in [5.41, 5.74) is 0.786. The number of nitrogens with zero attached hydrogens (tertiary/aromatic N) is 1. The fraction of sp³-hybridized carbons (Fsp3) is 0.0667. The second kappa shape index (κ2) is 5.49. The molecule has 3 nitrogen and oxygen atoms in total. The minimum Gasteiger partial charge on any atom is -0.322 e. The van der Waals surface area contributed by atoms with Crippen LogP contribution < -0.4 is 5.32 Å². The summed E-state index contributed by atoms with van der Waals surface area (Å²) in [7, 11) is 0. The number of anilines is 1. The van der Waals surface area contributed by atoms with E-state index in [1.165, 1.54) is 30.3 Å². The number of benzene rings is 2. The van der Waals surface area contributed by atoms with Gasteiger partial charge < -0.3 is 5.32 Å². The Labute approximate surface area is 114 Å². The van der Waals surface area contributed by atoms with Gasteiger partial charge in [-0.2, -0.15) is 5.26 Å². The first-order valence-electron chi connectivity index (χ1n) is 5.78. The second-order valence-electron chi connectivity index (χ2n) is 4.22. The lowest BCUT2D eigenvalue weighted by Gasteiger charge is -2.07. The zero-order valence-electron chi connectivity index (χ0n) is 10.6. The number of halogens is 2. The number of amides is 1. The third kappa shape index (κ3) is 2.81. The van der Waals surface area contributed by atoms with Gasteiger partial charge in [0.15, 0.2) is 0 Å². The monoisotopic (exact) mass is 272 g/mol. The van der Waals surface area contributed by atoms with Gasteiger partial charge in [-0.25, -0.2) is 8.78 Å². The van der Waals surface area contributed by atoms with Crippen LogP contribution in [0.4, 0.5) is 14.5 Å². The fourth-order valence-electron chi connectivity index (χ4n) is 1.68. The number of carbonyl (C=O) groups excluding carboxylic acids is 1. The average molecular weight is 272 g/mol. The maximum atomic E-state index is 13.2. The van der Waals surface area contributed by atoms with Crippen LogP contribution in [0.1, 0.15) is 21.5 Å². The quantitative estimate of drug-likeness (QED) is 0.911. The van der Waals surface area contributed by atoms with E-state index in [0.717, 1.165) is 6.07 Å². The third-order valence-corrected chi connectivity index (χ3v) is 2.76. The molecule has 1 N–H and O–H groups in total. The van der Waals surface area contributed by atoms with Crippen molar-refractivity contribution in [2.24, 2.45) is 0 Å². The molecular weight excluding hydrogens is 262 g/mol. The summed E-state index contributed by atoms with van der Waals surface area (Å²) in [5.74, 6) is -1.50. The molecule has 0 saturated heterocycles. The van der Waals surface area contributed by atoms with Crippen LogP contribution >= 0.6 is 0 Å². The standard InChI is InChI=1S/C15H10F2N2O/c1-9-6-10(2-4-13(9)16)15(20)19-12-3-5-14(17)11(7-12)8-18/h2-7H,1H3,(H,19,20). The Morgan fingerprint density at radius 2 is 1.85 bits per heavy atom. The minimum atomic E-state index is -0.650. The molecule has 20 heavy (non-hydrogen) atoms. The van der Waals surface area contributed by atoms with Crippen LogP contribution in [-0.4, -0.2) is 5.91 Å². The smallest absolute Gasteiger partial charge is 0.255 e. The van der Waals surface area contributed by atoms with Crippen LogP contribution in [-0.2, 0) is 0 Å². The van der Waals surface area contributed by atoms with Crippen LogP contribution in [0.15, 0.2) is 36.4 Å². The van der Waals surface area contributed by atoms with Gasteiger partial charge in [0.2, 0.25) is 0 Å². The Hall–Kier alpha value is -2.74. The van der Waals surface area contributed by atoms with Gasteiger partial charge >= 0.3 is 0 Å². The van der Waals surface area contributed by atoms with E-state index in [2.05, 4.69) is 5.32 Å². The van der Waals surface area contributed by atoms with Crippen molar-refractivity contribution in [1.29, 1.82) is 5.26 Å². The predicted molar refractivity (Wildman–Crippen MR) is 70.2 cm³/mol. The summed E-state index contributed by atoms with van der Waals surface area (Å²) in [5, 5.41) is 11.2. The molecule has 5 heteroatoms. The molecule has 0 unspecified atom stereocenters. The highest BCUT2D eigenvalue weighted by Crippen LogP contribution is 2.16. The molecule has 0 fully saturated rings. The Kier molecular flexibility index (Phi) is 3.76. The van der Waals surface area contributed by atoms with Gasteiger partial charge in [0.05, 0.1) is 5.56 Å². The number of hydrogen-bond donors (Lipinski definition) is 1. The van der Waals surface area contributed by atoms with E-state index in [9.17, 15) is 13.6 Å². The molecule has 0 aliphatic carbocycles. The zero-order chi connectivity index (χ0) is 14.7. The Bertz CT molecular complexity index is 720. The fourth-order valence-corrected chi connectivity index (χ4v) is 1.68. The number of nitrogens with one attached hydrogen (secondary N) is 1. The van der Waals surface area contributed by atoms with Gasteiger partial charge in [-0.15, -0.1) is 0 Å². The number of rotatable bonds is 2. The van der Waals surface area contributed by atoms with Crippen molar-refractivity contribution < 1.29 is 13.6 Å². The van der Waals surface area contributed by atoms with Crippen molar-refractivity contribution in [3.8, 4) is 6.07 Å². The first-order valence-corrected chi connectivity index (χ1v) is 5.78. The molecule has 0 bridgehead atoms. The van der Waals surface area contributed by atoms with E-state index >= 15 is 0 Å². The summed E-state index contributed by atoms with van der Waals surface area (Å²) in [4.78, 5) is 12.0. The molecule has 0 spiro atoms. The van der Waals surface area contributed by atoms with Gasteiger partial charge in [-0.1, -0.05) is 0 Å². The van der Waals surface area contributed by atoms with E-state index in [1.54, 1.807) is 13.0 Å². The van der Waals surface area contributed by atoms with E-state index in [-0.39, 0.29) is 11.1 Å². The van der Waals surface area contributed by atoms with Crippen molar-refractivity contribution in [2.45, 2.75) is 6.92 Å². The molecule has 0 aromatic heterocycles. The third-order valence-electron chi connectivity index (χ3n) is 2.76. The topological polar surface area (TPSA) is 52.9 Å². The van der Waals surface area contributed by atoms with E-state index in [0.29, 0.717) is 11.3 Å². The molecule has 0 aliphatic heterocycles.